The molecular weight excluding hydrogens is 314 g/mol. The predicted octanol–water partition coefficient (Wildman–Crippen LogP) is 4.11. The van der Waals surface area contributed by atoms with Crippen molar-refractivity contribution in [3.8, 4) is 0 Å². The molecule has 0 aliphatic carbocycles. The summed E-state index contributed by atoms with van der Waals surface area (Å²) in [6.45, 7) is 4.61. The summed E-state index contributed by atoms with van der Waals surface area (Å²) in [6.07, 6.45) is 2.53. The SMILES string of the molecule is CC1CCN(c2ccc(Nc3ccc4oc(=O)n(C)c4c3)cc2)CC1. The highest BCUT2D eigenvalue weighted by atomic mass is 16.4. The standard InChI is InChI=1S/C20H23N3O2/c1-14-9-11-23(12-10-14)17-6-3-15(4-7-17)21-16-5-8-19-18(13-16)22(2)20(24)25-19/h3-8,13-14,21H,9-12H2,1-2H3. The summed E-state index contributed by atoms with van der Waals surface area (Å²) in [5.41, 5.74) is 4.64. The second-order valence-electron chi connectivity index (χ2n) is 6.95. The van der Waals surface area contributed by atoms with Crippen LogP contribution in [0.4, 0.5) is 17.1 Å². The smallest absolute Gasteiger partial charge is 0.408 e. The fraction of sp³-hybridized carbons (Fsp3) is 0.350. The van der Waals surface area contributed by atoms with Crippen LogP contribution in [0.2, 0.25) is 0 Å². The highest BCUT2D eigenvalue weighted by molar-refractivity contribution is 5.79. The maximum atomic E-state index is 11.6. The van der Waals surface area contributed by atoms with Gasteiger partial charge in [-0.3, -0.25) is 4.57 Å². The van der Waals surface area contributed by atoms with Gasteiger partial charge in [-0.2, -0.15) is 0 Å². The summed E-state index contributed by atoms with van der Waals surface area (Å²) >= 11 is 0. The van der Waals surface area contributed by atoms with E-state index in [1.54, 1.807) is 7.05 Å². The summed E-state index contributed by atoms with van der Waals surface area (Å²) in [5.74, 6) is 0.498. The molecule has 2 aromatic carbocycles. The third-order valence-corrected chi connectivity index (χ3v) is 5.10. The van der Waals surface area contributed by atoms with Crippen molar-refractivity contribution in [3.63, 3.8) is 0 Å². The third-order valence-electron chi connectivity index (χ3n) is 5.10. The van der Waals surface area contributed by atoms with Gasteiger partial charge in [0.2, 0.25) is 0 Å². The van der Waals surface area contributed by atoms with E-state index in [0.29, 0.717) is 5.58 Å². The zero-order valence-corrected chi connectivity index (χ0v) is 14.7. The first kappa shape index (κ1) is 15.8. The Kier molecular flexibility index (Phi) is 3.99. The van der Waals surface area contributed by atoms with Crippen LogP contribution in [0.15, 0.2) is 51.7 Å². The molecule has 1 N–H and O–H groups in total. The number of hydrogen-bond acceptors (Lipinski definition) is 4. The number of rotatable bonds is 3. The monoisotopic (exact) mass is 337 g/mol. The molecule has 1 aliphatic heterocycles. The lowest BCUT2D eigenvalue weighted by Gasteiger charge is -2.32. The van der Waals surface area contributed by atoms with Crippen LogP contribution in [-0.2, 0) is 7.05 Å². The zero-order chi connectivity index (χ0) is 17.4. The van der Waals surface area contributed by atoms with Gasteiger partial charge in [0.25, 0.3) is 0 Å². The Morgan fingerprint density at radius 1 is 1.04 bits per heavy atom. The molecule has 1 fully saturated rings. The van der Waals surface area contributed by atoms with E-state index in [1.165, 1.54) is 23.1 Å². The summed E-state index contributed by atoms with van der Waals surface area (Å²) in [7, 11) is 1.71. The summed E-state index contributed by atoms with van der Waals surface area (Å²) in [6, 6.07) is 14.2. The van der Waals surface area contributed by atoms with Crippen molar-refractivity contribution >= 4 is 28.2 Å². The molecule has 5 nitrogen and oxygen atoms in total. The van der Waals surface area contributed by atoms with Crippen LogP contribution in [0, 0.1) is 5.92 Å². The number of anilines is 3. The van der Waals surface area contributed by atoms with Gasteiger partial charge in [0, 0.05) is 37.2 Å². The summed E-state index contributed by atoms with van der Waals surface area (Å²) in [5, 5.41) is 3.39. The van der Waals surface area contributed by atoms with E-state index < -0.39 is 0 Å². The average molecular weight is 337 g/mol. The van der Waals surface area contributed by atoms with Gasteiger partial charge in [-0.15, -0.1) is 0 Å². The van der Waals surface area contributed by atoms with Crippen molar-refractivity contribution < 1.29 is 4.42 Å². The van der Waals surface area contributed by atoms with Crippen LogP contribution >= 0.6 is 0 Å². The molecule has 0 radical (unpaired) electrons. The Labute approximate surface area is 146 Å². The van der Waals surface area contributed by atoms with Gasteiger partial charge in [0.15, 0.2) is 5.58 Å². The van der Waals surface area contributed by atoms with Crippen LogP contribution in [0.25, 0.3) is 11.1 Å². The minimum Gasteiger partial charge on any atom is -0.408 e. The number of hydrogen-bond donors (Lipinski definition) is 1. The molecular formula is C20H23N3O2. The second-order valence-corrected chi connectivity index (χ2v) is 6.95. The molecule has 1 aliphatic rings. The number of aryl methyl sites for hydroxylation is 1. The van der Waals surface area contributed by atoms with Crippen LogP contribution in [0.1, 0.15) is 19.8 Å². The lowest BCUT2D eigenvalue weighted by Crippen LogP contribution is -2.32. The number of benzene rings is 2. The van der Waals surface area contributed by atoms with Crippen molar-refractivity contribution in [2.75, 3.05) is 23.3 Å². The van der Waals surface area contributed by atoms with E-state index in [-0.39, 0.29) is 5.76 Å². The fourth-order valence-corrected chi connectivity index (χ4v) is 3.39. The van der Waals surface area contributed by atoms with Crippen LogP contribution in [0.3, 0.4) is 0 Å². The minimum absolute atomic E-state index is 0.340. The Bertz CT molecular complexity index is 932. The van der Waals surface area contributed by atoms with Gasteiger partial charge in [0.1, 0.15) is 0 Å². The first-order chi connectivity index (χ1) is 12.1. The predicted molar refractivity (Wildman–Crippen MR) is 102 cm³/mol. The van der Waals surface area contributed by atoms with E-state index in [9.17, 15) is 4.79 Å². The first-order valence-corrected chi connectivity index (χ1v) is 8.82. The Balaban J connectivity index is 1.51. The van der Waals surface area contributed by atoms with Crippen molar-refractivity contribution in [3.05, 3.63) is 53.0 Å². The Morgan fingerprint density at radius 2 is 1.72 bits per heavy atom. The van der Waals surface area contributed by atoms with Gasteiger partial charge in [-0.05, 0) is 61.2 Å². The Hall–Kier alpha value is -2.69. The van der Waals surface area contributed by atoms with E-state index in [0.717, 1.165) is 35.9 Å². The lowest BCUT2D eigenvalue weighted by atomic mass is 9.99. The first-order valence-electron chi connectivity index (χ1n) is 8.82. The number of piperidine rings is 1. The second kappa shape index (κ2) is 6.31. The van der Waals surface area contributed by atoms with E-state index in [1.807, 2.05) is 18.2 Å². The molecule has 0 unspecified atom stereocenters. The number of aromatic nitrogens is 1. The molecule has 0 bridgehead atoms. The number of nitrogens with zero attached hydrogens (tertiary/aromatic N) is 2. The normalized spacial score (nSPS) is 15.7. The van der Waals surface area contributed by atoms with Gasteiger partial charge in [-0.1, -0.05) is 6.92 Å². The summed E-state index contributed by atoms with van der Waals surface area (Å²) in [4.78, 5) is 14.0. The highest BCUT2D eigenvalue weighted by Crippen LogP contribution is 2.26. The van der Waals surface area contributed by atoms with Crippen LogP contribution < -0.4 is 16.0 Å². The van der Waals surface area contributed by atoms with Gasteiger partial charge < -0.3 is 14.6 Å². The fourth-order valence-electron chi connectivity index (χ4n) is 3.39. The maximum Gasteiger partial charge on any atom is 0.419 e. The topological polar surface area (TPSA) is 50.4 Å². The molecule has 3 aromatic rings. The van der Waals surface area contributed by atoms with E-state index >= 15 is 0 Å². The van der Waals surface area contributed by atoms with E-state index in [4.69, 9.17) is 4.42 Å². The molecule has 0 saturated carbocycles. The Morgan fingerprint density at radius 3 is 2.44 bits per heavy atom. The highest BCUT2D eigenvalue weighted by Gasteiger charge is 2.15. The van der Waals surface area contributed by atoms with Gasteiger partial charge in [-0.25, -0.2) is 4.79 Å². The number of fused-ring (bicyclic) bond motifs is 1. The molecule has 25 heavy (non-hydrogen) atoms. The molecule has 1 aromatic heterocycles. The molecule has 0 spiro atoms. The van der Waals surface area contributed by atoms with Crippen LogP contribution in [0.5, 0.6) is 0 Å². The number of oxazole rings is 1. The molecule has 5 heteroatoms. The van der Waals surface area contributed by atoms with Crippen molar-refractivity contribution in [1.29, 1.82) is 0 Å². The molecule has 0 amide bonds. The molecule has 4 rings (SSSR count). The van der Waals surface area contributed by atoms with Crippen molar-refractivity contribution in [1.82, 2.24) is 4.57 Å². The lowest BCUT2D eigenvalue weighted by molar-refractivity contribution is 0.438. The van der Waals surface area contributed by atoms with Gasteiger partial charge >= 0.3 is 5.76 Å². The number of nitrogens with one attached hydrogen (secondary N) is 1. The molecule has 2 heterocycles. The van der Waals surface area contributed by atoms with Gasteiger partial charge in [0.05, 0.1) is 5.52 Å². The molecule has 130 valence electrons. The maximum absolute atomic E-state index is 11.6. The zero-order valence-electron chi connectivity index (χ0n) is 14.7. The molecule has 1 saturated heterocycles. The minimum atomic E-state index is -0.340. The average Bonchev–Trinajstić information content (AvgIpc) is 2.91. The quantitative estimate of drug-likeness (QED) is 0.781. The third kappa shape index (κ3) is 3.14. The largest absolute Gasteiger partial charge is 0.419 e. The van der Waals surface area contributed by atoms with E-state index in [2.05, 4.69) is 41.4 Å². The van der Waals surface area contributed by atoms with Crippen LogP contribution in [-0.4, -0.2) is 17.7 Å². The summed E-state index contributed by atoms with van der Waals surface area (Å²) < 4.78 is 6.68. The van der Waals surface area contributed by atoms with Crippen molar-refractivity contribution in [2.45, 2.75) is 19.8 Å². The van der Waals surface area contributed by atoms with Crippen molar-refractivity contribution in [2.24, 2.45) is 13.0 Å². The molecule has 0 atom stereocenters.